The molecule has 0 aliphatic carbocycles. The molecular formula is C30H27N3O6S2. The summed E-state index contributed by atoms with van der Waals surface area (Å²) in [6, 6.07) is 15.1. The Morgan fingerprint density at radius 2 is 1.90 bits per heavy atom. The molecule has 0 bridgehead atoms. The van der Waals surface area contributed by atoms with Crippen molar-refractivity contribution >= 4 is 40.8 Å². The van der Waals surface area contributed by atoms with Gasteiger partial charge in [0.1, 0.15) is 11.5 Å². The molecule has 1 aliphatic rings. The van der Waals surface area contributed by atoms with Gasteiger partial charge >= 0.3 is 5.97 Å². The number of esters is 1. The van der Waals surface area contributed by atoms with E-state index in [1.807, 2.05) is 30.5 Å². The maximum absolute atomic E-state index is 13.9. The number of nitro benzene ring substituents is 1. The molecule has 2 aromatic carbocycles. The molecule has 210 valence electrons. The first-order valence-corrected chi connectivity index (χ1v) is 14.8. The Morgan fingerprint density at radius 1 is 1.17 bits per heavy atom. The molecule has 0 saturated carbocycles. The van der Waals surface area contributed by atoms with E-state index in [0.29, 0.717) is 43.3 Å². The summed E-state index contributed by atoms with van der Waals surface area (Å²) in [5.74, 6) is 0.459. The molecule has 3 heterocycles. The highest BCUT2D eigenvalue weighted by Crippen LogP contribution is 2.32. The van der Waals surface area contributed by atoms with E-state index in [4.69, 9.17) is 9.15 Å². The number of aryl methyl sites for hydroxylation is 1. The summed E-state index contributed by atoms with van der Waals surface area (Å²) in [4.78, 5) is 43.9. The third kappa shape index (κ3) is 5.55. The predicted molar refractivity (Wildman–Crippen MR) is 159 cm³/mol. The number of non-ortho nitro benzene ring substituents is 1. The van der Waals surface area contributed by atoms with Crippen molar-refractivity contribution < 1.29 is 18.9 Å². The van der Waals surface area contributed by atoms with Crippen LogP contribution in [-0.4, -0.2) is 27.8 Å². The maximum atomic E-state index is 13.9. The van der Waals surface area contributed by atoms with Crippen LogP contribution in [0.2, 0.25) is 0 Å². The molecule has 1 atom stereocenters. The second kappa shape index (κ2) is 11.3. The van der Waals surface area contributed by atoms with E-state index in [1.54, 1.807) is 68.3 Å². The lowest BCUT2D eigenvalue weighted by Gasteiger charge is -2.25. The molecule has 2 aromatic heterocycles. The molecule has 0 fully saturated rings. The molecule has 4 aromatic rings. The molecule has 0 unspecified atom stereocenters. The number of carbonyl (C=O) groups excluding carboxylic acids is 1. The lowest BCUT2D eigenvalue weighted by Crippen LogP contribution is -2.40. The zero-order valence-corrected chi connectivity index (χ0v) is 24.7. The van der Waals surface area contributed by atoms with Gasteiger partial charge in [0.25, 0.3) is 11.2 Å². The van der Waals surface area contributed by atoms with Gasteiger partial charge in [0, 0.05) is 28.7 Å². The number of nitro groups is 1. The van der Waals surface area contributed by atoms with Crippen molar-refractivity contribution in [3.8, 4) is 11.3 Å². The number of fused-ring (bicyclic) bond motifs is 1. The fourth-order valence-electron chi connectivity index (χ4n) is 4.70. The molecule has 0 radical (unpaired) electrons. The molecule has 1 aliphatic heterocycles. The van der Waals surface area contributed by atoms with Crippen LogP contribution >= 0.6 is 23.1 Å². The van der Waals surface area contributed by atoms with Crippen LogP contribution in [0, 0.1) is 17.0 Å². The second-order valence-corrected chi connectivity index (χ2v) is 11.7. The van der Waals surface area contributed by atoms with Gasteiger partial charge in [-0.15, -0.1) is 11.8 Å². The van der Waals surface area contributed by atoms with Crippen molar-refractivity contribution in [1.29, 1.82) is 0 Å². The van der Waals surface area contributed by atoms with E-state index in [-0.39, 0.29) is 17.4 Å². The van der Waals surface area contributed by atoms with Gasteiger partial charge in [0.2, 0.25) is 0 Å². The van der Waals surface area contributed by atoms with Gasteiger partial charge in [0.05, 0.1) is 32.9 Å². The van der Waals surface area contributed by atoms with E-state index in [2.05, 4.69) is 4.99 Å². The fraction of sp³-hybridized carbons (Fsp3) is 0.233. The first-order valence-electron chi connectivity index (χ1n) is 12.8. The van der Waals surface area contributed by atoms with Crippen molar-refractivity contribution in [2.45, 2.75) is 44.7 Å². The number of aromatic nitrogens is 1. The van der Waals surface area contributed by atoms with Crippen molar-refractivity contribution in [2.75, 3.05) is 6.26 Å². The Morgan fingerprint density at radius 3 is 2.54 bits per heavy atom. The minimum absolute atomic E-state index is 0.00344. The predicted octanol–water partition coefficient (Wildman–Crippen LogP) is 5.39. The summed E-state index contributed by atoms with van der Waals surface area (Å²) in [7, 11) is 0. The molecule has 41 heavy (non-hydrogen) atoms. The van der Waals surface area contributed by atoms with Gasteiger partial charge in [0.15, 0.2) is 4.80 Å². The molecule has 0 N–H and O–H groups in total. The van der Waals surface area contributed by atoms with E-state index in [0.717, 1.165) is 10.5 Å². The number of rotatable bonds is 7. The number of thiazole rings is 1. The Labute approximate surface area is 243 Å². The van der Waals surface area contributed by atoms with Gasteiger partial charge in [-0.05, 0) is 75.4 Å². The number of hydrogen-bond acceptors (Lipinski definition) is 9. The van der Waals surface area contributed by atoms with E-state index >= 15 is 0 Å². The van der Waals surface area contributed by atoms with Crippen LogP contribution in [0.3, 0.4) is 0 Å². The van der Waals surface area contributed by atoms with Crippen LogP contribution in [0.1, 0.15) is 43.7 Å². The van der Waals surface area contributed by atoms with Gasteiger partial charge < -0.3 is 9.15 Å². The van der Waals surface area contributed by atoms with Gasteiger partial charge in [-0.3, -0.25) is 19.5 Å². The number of carbonyl (C=O) groups is 1. The highest BCUT2D eigenvalue weighted by atomic mass is 32.2. The largest absolute Gasteiger partial charge is 0.459 e. The quantitative estimate of drug-likeness (QED) is 0.123. The third-order valence-corrected chi connectivity index (χ3v) is 8.33. The number of ether oxygens (including phenoxy) is 1. The number of benzene rings is 2. The minimum atomic E-state index is -0.703. The van der Waals surface area contributed by atoms with Crippen molar-refractivity contribution in [2.24, 2.45) is 4.99 Å². The SMILES string of the molecule is CSc1ccc([C@H]2C(C(=O)OC(C)C)=C(C)N=c3s/c(=C\c4ccc(-c5ccc([N+](=O)[O-])cc5C)o4)c(=O)n32)cc1. The zero-order valence-electron chi connectivity index (χ0n) is 23.0. The Balaban J connectivity index is 1.60. The lowest BCUT2D eigenvalue weighted by molar-refractivity contribution is -0.384. The van der Waals surface area contributed by atoms with Crippen molar-refractivity contribution in [3.05, 3.63) is 113 Å². The molecule has 0 saturated heterocycles. The first kappa shape index (κ1) is 28.3. The van der Waals surface area contributed by atoms with Gasteiger partial charge in [-0.1, -0.05) is 23.5 Å². The molecule has 0 spiro atoms. The Kier molecular flexibility index (Phi) is 7.83. The summed E-state index contributed by atoms with van der Waals surface area (Å²) >= 11 is 2.81. The number of nitrogens with zero attached hydrogens (tertiary/aromatic N) is 3. The van der Waals surface area contributed by atoms with Crippen molar-refractivity contribution in [1.82, 2.24) is 4.57 Å². The number of furan rings is 1. The maximum Gasteiger partial charge on any atom is 0.338 e. The standard InChI is InChI=1S/C30H27N3O6S2/c1-16(2)38-29(35)26-18(4)31-30-32(27(26)19-6-10-22(40-5)11-7-19)28(34)25(41-30)15-21-9-13-24(39-21)23-12-8-20(33(36)37)14-17(23)3/h6-16,27H,1-5H3/b25-15-/t27-/m0/s1. The number of thioether (sulfide) groups is 1. The summed E-state index contributed by atoms with van der Waals surface area (Å²) in [6.07, 6.45) is 3.29. The average Bonchev–Trinajstić information content (AvgIpc) is 3.51. The molecule has 9 nitrogen and oxygen atoms in total. The monoisotopic (exact) mass is 589 g/mol. The summed E-state index contributed by atoms with van der Waals surface area (Å²) < 4.78 is 13.5. The fourth-order valence-corrected chi connectivity index (χ4v) is 6.14. The second-order valence-electron chi connectivity index (χ2n) is 9.77. The topological polar surface area (TPSA) is 117 Å². The van der Waals surface area contributed by atoms with Gasteiger partial charge in [-0.2, -0.15) is 0 Å². The first-order chi connectivity index (χ1) is 19.6. The Hall–Kier alpha value is -4.22. The van der Waals surface area contributed by atoms with Gasteiger partial charge in [-0.25, -0.2) is 9.79 Å². The highest BCUT2D eigenvalue weighted by Gasteiger charge is 2.33. The molecule has 5 rings (SSSR count). The minimum Gasteiger partial charge on any atom is -0.459 e. The van der Waals surface area contributed by atoms with Crippen LogP contribution in [0.15, 0.2) is 85.0 Å². The summed E-state index contributed by atoms with van der Waals surface area (Å²) in [6.45, 7) is 7.09. The van der Waals surface area contributed by atoms with Crippen LogP contribution in [0.4, 0.5) is 5.69 Å². The lowest BCUT2D eigenvalue weighted by atomic mass is 9.96. The highest BCUT2D eigenvalue weighted by molar-refractivity contribution is 7.98. The molecule has 0 amide bonds. The van der Waals surface area contributed by atoms with E-state index in [1.165, 1.54) is 23.5 Å². The molecule has 11 heteroatoms. The van der Waals surface area contributed by atoms with Crippen LogP contribution in [-0.2, 0) is 9.53 Å². The normalized spacial score (nSPS) is 15.2. The van der Waals surface area contributed by atoms with Crippen LogP contribution in [0.5, 0.6) is 0 Å². The zero-order chi connectivity index (χ0) is 29.4. The van der Waals surface area contributed by atoms with Crippen LogP contribution in [0.25, 0.3) is 17.4 Å². The number of hydrogen-bond donors (Lipinski definition) is 0. The number of allylic oxidation sites excluding steroid dienone is 1. The Bertz CT molecular complexity index is 1880. The summed E-state index contributed by atoms with van der Waals surface area (Å²) in [5.41, 5.74) is 2.70. The van der Waals surface area contributed by atoms with E-state index < -0.39 is 16.9 Å². The summed E-state index contributed by atoms with van der Waals surface area (Å²) in [5, 5.41) is 11.1. The average molecular weight is 590 g/mol. The third-order valence-electron chi connectivity index (χ3n) is 6.60. The van der Waals surface area contributed by atoms with Crippen molar-refractivity contribution in [3.63, 3.8) is 0 Å². The van der Waals surface area contributed by atoms with Crippen LogP contribution < -0.4 is 14.9 Å². The molecular weight excluding hydrogens is 562 g/mol. The smallest absolute Gasteiger partial charge is 0.338 e. The van der Waals surface area contributed by atoms with E-state index in [9.17, 15) is 19.7 Å².